The van der Waals surface area contributed by atoms with Crippen LogP contribution in [-0.4, -0.2) is 24.9 Å². The average molecular weight is 665 g/mol. The Bertz CT molecular complexity index is 1780. The zero-order valence-electron chi connectivity index (χ0n) is 26.7. The molecule has 2 heterocycles. The monoisotopic (exact) mass is 664 g/mol. The van der Waals surface area contributed by atoms with Crippen LogP contribution >= 0.6 is 0 Å². The zero-order chi connectivity index (χ0) is 34.6. The summed E-state index contributed by atoms with van der Waals surface area (Å²) in [6.45, 7) is 6.32. The first kappa shape index (κ1) is 33.3. The third-order valence-electron chi connectivity index (χ3n) is 9.01. The summed E-state index contributed by atoms with van der Waals surface area (Å²) in [4.78, 5) is 29.0. The van der Waals surface area contributed by atoms with E-state index < -0.39 is 28.9 Å². The predicted octanol–water partition coefficient (Wildman–Crippen LogP) is 10.3. The molecule has 4 aromatic carbocycles. The molecule has 2 fully saturated rings. The topological polar surface area (TPSA) is 40.6 Å². The lowest BCUT2D eigenvalue weighted by Crippen LogP contribution is -2.26. The molecule has 2 amide bonds. The first-order valence-corrected chi connectivity index (χ1v) is 15.8. The molecular weight excluding hydrogens is 630 g/mol. The molecule has 0 atom stereocenters. The molecule has 0 radical (unpaired) electrons. The second kappa shape index (κ2) is 12.1. The number of amides is 2. The van der Waals surface area contributed by atoms with E-state index in [1.54, 1.807) is 40.1 Å². The van der Waals surface area contributed by atoms with Gasteiger partial charge in [0.2, 0.25) is 11.8 Å². The molecule has 0 unspecified atom stereocenters. The maximum Gasteiger partial charge on any atom is 0.417 e. The number of anilines is 2. The van der Waals surface area contributed by atoms with Gasteiger partial charge in [-0.2, -0.15) is 26.3 Å². The van der Waals surface area contributed by atoms with E-state index in [0.29, 0.717) is 61.3 Å². The molecule has 0 aliphatic carbocycles. The first-order chi connectivity index (χ1) is 22.5. The number of rotatable bonds is 5. The first-order valence-electron chi connectivity index (χ1n) is 15.8. The van der Waals surface area contributed by atoms with Crippen LogP contribution in [0.1, 0.15) is 63.1 Å². The highest BCUT2D eigenvalue weighted by Gasteiger charge is 2.37. The van der Waals surface area contributed by atoms with E-state index in [0.717, 1.165) is 12.1 Å². The van der Waals surface area contributed by atoms with E-state index in [1.807, 2.05) is 20.8 Å². The smallest absolute Gasteiger partial charge is 0.312 e. The van der Waals surface area contributed by atoms with E-state index >= 15 is 0 Å². The lowest BCUT2D eigenvalue weighted by molar-refractivity contribution is -0.137. The number of hydrogen-bond donors (Lipinski definition) is 0. The summed E-state index contributed by atoms with van der Waals surface area (Å²) in [5.74, 6) is -0.307. The minimum absolute atomic E-state index is 0.0888. The fourth-order valence-electron chi connectivity index (χ4n) is 6.63. The van der Waals surface area contributed by atoms with E-state index in [-0.39, 0.29) is 39.6 Å². The molecule has 48 heavy (non-hydrogen) atoms. The summed E-state index contributed by atoms with van der Waals surface area (Å²) in [6.07, 6.45) is -7.75. The molecule has 6 rings (SSSR count). The fraction of sp³-hybridized carbons (Fsp3) is 0.316. The van der Waals surface area contributed by atoms with Crippen LogP contribution in [0.15, 0.2) is 78.9 Å². The molecule has 4 nitrogen and oxygen atoms in total. The third kappa shape index (κ3) is 6.32. The van der Waals surface area contributed by atoms with Gasteiger partial charge in [0.25, 0.3) is 0 Å². The van der Waals surface area contributed by atoms with Crippen molar-refractivity contribution < 1.29 is 35.9 Å². The predicted molar refractivity (Wildman–Crippen MR) is 175 cm³/mol. The molecule has 2 saturated heterocycles. The Balaban J connectivity index is 1.79. The van der Waals surface area contributed by atoms with Crippen molar-refractivity contribution in [3.8, 4) is 33.4 Å². The van der Waals surface area contributed by atoms with Crippen molar-refractivity contribution in [3.05, 3.63) is 95.6 Å². The van der Waals surface area contributed by atoms with E-state index in [1.165, 1.54) is 36.4 Å². The molecule has 2 aliphatic rings. The Morgan fingerprint density at radius 1 is 0.562 bits per heavy atom. The van der Waals surface area contributed by atoms with Crippen LogP contribution in [0.3, 0.4) is 0 Å². The Hall–Kier alpha value is -4.60. The van der Waals surface area contributed by atoms with Gasteiger partial charge < -0.3 is 9.80 Å². The second-order valence-corrected chi connectivity index (χ2v) is 13.3. The van der Waals surface area contributed by atoms with Gasteiger partial charge in [-0.05, 0) is 99.7 Å². The number of benzene rings is 4. The van der Waals surface area contributed by atoms with Crippen LogP contribution in [0.5, 0.6) is 0 Å². The van der Waals surface area contributed by atoms with Crippen LogP contribution in [0.25, 0.3) is 33.4 Å². The SMILES string of the molecule is CC(C)(C)c1cc(-c2ccccc2C(F)(F)F)c(-c2cc(N3CCCC3=O)cc(N3CCCC3=O)c2)c(-c2ccccc2C(F)(F)F)c1. The molecule has 250 valence electrons. The minimum atomic E-state index is -4.77. The molecule has 10 heteroatoms. The van der Waals surface area contributed by atoms with Gasteiger partial charge in [-0.25, -0.2) is 0 Å². The van der Waals surface area contributed by atoms with E-state index in [2.05, 4.69) is 0 Å². The summed E-state index contributed by atoms with van der Waals surface area (Å²) in [6, 6.07) is 18.3. The van der Waals surface area contributed by atoms with E-state index in [4.69, 9.17) is 0 Å². The Kier molecular flexibility index (Phi) is 8.42. The Labute approximate surface area is 275 Å². The molecule has 0 bridgehead atoms. The molecule has 4 aromatic rings. The molecule has 0 spiro atoms. The number of alkyl halides is 6. The quantitative estimate of drug-likeness (QED) is 0.199. The van der Waals surface area contributed by atoms with Gasteiger partial charge in [-0.1, -0.05) is 57.2 Å². The largest absolute Gasteiger partial charge is 0.417 e. The van der Waals surface area contributed by atoms with Crippen LogP contribution in [0.2, 0.25) is 0 Å². The molecule has 2 aliphatic heterocycles. The molecule has 0 N–H and O–H groups in total. The standard InChI is InChI=1S/C38H34F6N2O2/c1-36(2,3)24-20-29(27-10-4-6-12-31(27)37(39,40)41)35(30(21-24)28-11-5-7-13-32(28)38(42,43)44)23-18-25(45-16-8-14-33(45)47)22-26(19-23)46-17-9-15-34(46)48/h4-7,10-13,18-22H,8-9,14-17H2,1-3H3. The number of hydrogen-bond acceptors (Lipinski definition) is 2. The van der Waals surface area contributed by atoms with Crippen molar-refractivity contribution in [1.82, 2.24) is 0 Å². The van der Waals surface area contributed by atoms with Gasteiger partial charge in [0, 0.05) is 37.3 Å². The maximum atomic E-state index is 14.6. The van der Waals surface area contributed by atoms with Crippen LogP contribution in [0, 0.1) is 0 Å². The number of carbonyl (C=O) groups is 2. The van der Waals surface area contributed by atoms with Gasteiger partial charge >= 0.3 is 12.4 Å². The molecule has 0 aromatic heterocycles. The maximum absolute atomic E-state index is 14.6. The molecule has 0 saturated carbocycles. The highest BCUT2D eigenvalue weighted by Crippen LogP contribution is 2.50. The fourth-order valence-corrected chi connectivity index (χ4v) is 6.63. The van der Waals surface area contributed by atoms with Crippen molar-refractivity contribution in [2.45, 2.75) is 64.2 Å². The lowest BCUT2D eigenvalue weighted by Gasteiger charge is -2.28. The van der Waals surface area contributed by atoms with Crippen molar-refractivity contribution in [2.75, 3.05) is 22.9 Å². The zero-order valence-corrected chi connectivity index (χ0v) is 26.7. The Morgan fingerprint density at radius 3 is 1.33 bits per heavy atom. The van der Waals surface area contributed by atoms with Gasteiger partial charge in [-0.3, -0.25) is 9.59 Å². The normalized spacial score (nSPS) is 15.9. The van der Waals surface area contributed by atoms with Crippen molar-refractivity contribution in [3.63, 3.8) is 0 Å². The van der Waals surface area contributed by atoms with Crippen molar-refractivity contribution >= 4 is 23.2 Å². The Morgan fingerprint density at radius 2 is 0.979 bits per heavy atom. The number of nitrogens with zero attached hydrogens (tertiary/aromatic N) is 2. The van der Waals surface area contributed by atoms with E-state index in [9.17, 15) is 35.9 Å². The van der Waals surface area contributed by atoms with Crippen LogP contribution in [-0.2, 0) is 27.4 Å². The van der Waals surface area contributed by atoms with Gasteiger partial charge in [0.1, 0.15) is 0 Å². The number of halogens is 6. The van der Waals surface area contributed by atoms with Crippen LogP contribution in [0.4, 0.5) is 37.7 Å². The molecular formula is C38H34F6N2O2. The highest BCUT2D eigenvalue weighted by atomic mass is 19.4. The van der Waals surface area contributed by atoms with Gasteiger partial charge in [0.15, 0.2) is 0 Å². The van der Waals surface area contributed by atoms with Crippen LogP contribution < -0.4 is 9.80 Å². The number of carbonyl (C=O) groups excluding carboxylic acids is 2. The van der Waals surface area contributed by atoms with Gasteiger partial charge in [0.05, 0.1) is 11.1 Å². The van der Waals surface area contributed by atoms with Gasteiger partial charge in [-0.15, -0.1) is 0 Å². The average Bonchev–Trinajstić information content (AvgIpc) is 3.66. The second-order valence-electron chi connectivity index (χ2n) is 13.3. The highest BCUT2D eigenvalue weighted by molar-refractivity contribution is 6.03. The summed E-state index contributed by atoms with van der Waals surface area (Å²) >= 11 is 0. The summed E-state index contributed by atoms with van der Waals surface area (Å²) < 4.78 is 87.8. The van der Waals surface area contributed by atoms with Crippen molar-refractivity contribution in [2.24, 2.45) is 0 Å². The van der Waals surface area contributed by atoms with Crippen molar-refractivity contribution in [1.29, 1.82) is 0 Å². The third-order valence-corrected chi connectivity index (χ3v) is 9.01. The summed E-state index contributed by atoms with van der Waals surface area (Å²) in [5.41, 5.74) is -0.941. The summed E-state index contributed by atoms with van der Waals surface area (Å²) in [7, 11) is 0. The minimum Gasteiger partial charge on any atom is -0.312 e. The lowest BCUT2D eigenvalue weighted by atomic mass is 9.78. The summed E-state index contributed by atoms with van der Waals surface area (Å²) in [5, 5.41) is 0.